The molecule has 2 heterocycles. The number of piperidine rings is 1. The van der Waals surface area contributed by atoms with Gasteiger partial charge in [-0.25, -0.2) is 4.39 Å². The molecule has 0 bridgehead atoms. The molecule has 1 saturated heterocycles. The number of aliphatic hydroxyl groups excluding tert-OH is 1. The number of carbonyl (C=O) groups excluding carboxylic acids is 1. The van der Waals surface area contributed by atoms with Crippen LogP contribution in [0.25, 0.3) is 0 Å². The van der Waals surface area contributed by atoms with Crippen LogP contribution < -0.4 is 10.6 Å². The van der Waals surface area contributed by atoms with Crippen LogP contribution in [0.4, 0.5) is 4.39 Å². The Morgan fingerprint density at radius 1 is 1.48 bits per heavy atom. The van der Waals surface area contributed by atoms with Crippen molar-refractivity contribution >= 4 is 11.6 Å². The van der Waals surface area contributed by atoms with Crippen LogP contribution in [-0.4, -0.2) is 42.0 Å². The number of nitrogens with one attached hydrogen (secondary N) is 2. The molecular formula is C16H20FN3O3. The SMILES string of the molecule is O=C(NC[C@@H](O)c1ccc(F)cc1)C1=NO[C@@]2(CCCNC2)C1. The molecule has 0 aromatic heterocycles. The van der Waals surface area contributed by atoms with Gasteiger partial charge in [0.2, 0.25) is 0 Å². The molecule has 3 rings (SSSR count). The molecule has 2 atom stereocenters. The van der Waals surface area contributed by atoms with E-state index in [1.165, 1.54) is 24.3 Å². The number of aliphatic hydroxyl groups is 1. The molecule has 0 aliphatic carbocycles. The van der Waals surface area contributed by atoms with Gasteiger partial charge in [-0.2, -0.15) is 0 Å². The highest BCUT2D eigenvalue weighted by Gasteiger charge is 2.42. The zero-order chi connectivity index (χ0) is 16.3. The van der Waals surface area contributed by atoms with Gasteiger partial charge >= 0.3 is 0 Å². The van der Waals surface area contributed by atoms with Gasteiger partial charge in [-0.05, 0) is 37.1 Å². The topological polar surface area (TPSA) is 83.0 Å². The molecule has 6 nitrogen and oxygen atoms in total. The standard InChI is InChI=1S/C16H20FN3O3/c17-12-4-2-11(3-5-12)14(21)9-19-15(22)13-8-16(23-20-13)6-1-7-18-10-16/h2-5,14,18,21H,1,6-10H2,(H,19,22)/t14-,16+/m1/s1. The van der Waals surface area contributed by atoms with Crippen LogP contribution in [0.15, 0.2) is 29.4 Å². The van der Waals surface area contributed by atoms with E-state index >= 15 is 0 Å². The number of rotatable bonds is 4. The first kappa shape index (κ1) is 15.9. The van der Waals surface area contributed by atoms with Crippen LogP contribution in [0.2, 0.25) is 0 Å². The normalized spacial score (nSPS) is 24.9. The van der Waals surface area contributed by atoms with E-state index in [2.05, 4.69) is 15.8 Å². The molecule has 1 aromatic rings. The smallest absolute Gasteiger partial charge is 0.269 e. The van der Waals surface area contributed by atoms with Crippen molar-refractivity contribution in [2.75, 3.05) is 19.6 Å². The van der Waals surface area contributed by atoms with Crippen molar-refractivity contribution < 1.29 is 19.1 Å². The Kier molecular flexibility index (Phi) is 4.58. The molecule has 0 saturated carbocycles. The second kappa shape index (κ2) is 6.64. The predicted octanol–water partition coefficient (Wildman–Crippen LogP) is 0.874. The van der Waals surface area contributed by atoms with Crippen molar-refractivity contribution in [3.8, 4) is 0 Å². The van der Waals surface area contributed by atoms with Crippen molar-refractivity contribution in [1.82, 2.24) is 10.6 Å². The van der Waals surface area contributed by atoms with E-state index in [1.807, 2.05) is 0 Å². The molecule has 3 N–H and O–H groups in total. The quantitative estimate of drug-likeness (QED) is 0.768. The van der Waals surface area contributed by atoms with Gasteiger partial charge in [0.05, 0.1) is 6.10 Å². The minimum Gasteiger partial charge on any atom is -0.387 e. The van der Waals surface area contributed by atoms with E-state index in [9.17, 15) is 14.3 Å². The van der Waals surface area contributed by atoms with Crippen LogP contribution in [0.1, 0.15) is 30.9 Å². The molecule has 1 fully saturated rings. The van der Waals surface area contributed by atoms with E-state index in [0.29, 0.717) is 24.2 Å². The molecule has 7 heteroatoms. The van der Waals surface area contributed by atoms with Gasteiger partial charge < -0.3 is 20.6 Å². The van der Waals surface area contributed by atoms with Crippen LogP contribution in [0.5, 0.6) is 0 Å². The highest BCUT2D eigenvalue weighted by molar-refractivity contribution is 6.39. The van der Waals surface area contributed by atoms with Crippen LogP contribution in [0.3, 0.4) is 0 Å². The van der Waals surface area contributed by atoms with Gasteiger partial charge in [0, 0.05) is 19.5 Å². The average Bonchev–Trinajstić information content (AvgIpc) is 2.97. The highest BCUT2D eigenvalue weighted by atomic mass is 19.1. The highest BCUT2D eigenvalue weighted by Crippen LogP contribution is 2.30. The average molecular weight is 321 g/mol. The van der Waals surface area contributed by atoms with E-state index in [1.54, 1.807) is 0 Å². The fourth-order valence-corrected chi connectivity index (χ4v) is 2.91. The third-order valence-corrected chi connectivity index (χ3v) is 4.25. The lowest BCUT2D eigenvalue weighted by Crippen LogP contribution is -2.46. The summed E-state index contributed by atoms with van der Waals surface area (Å²) in [6, 6.07) is 5.53. The van der Waals surface area contributed by atoms with Crippen LogP contribution in [-0.2, 0) is 9.63 Å². The van der Waals surface area contributed by atoms with Gasteiger partial charge in [-0.1, -0.05) is 17.3 Å². The summed E-state index contributed by atoms with van der Waals surface area (Å²) in [4.78, 5) is 17.6. The van der Waals surface area contributed by atoms with Crippen LogP contribution >= 0.6 is 0 Å². The maximum atomic E-state index is 12.9. The van der Waals surface area contributed by atoms with Crippen molar-refractivity contribution in [3.05, 3.63) is 35.6 Å². The number of hydrogen-bond acceptors (Lipinski definition) is 5. The number of nitrogens with zero attached hydrogens (tertiary/aromatic N) is 1. The molecular weight excluding hydrogens is 301 g/mol. The number of benzene rings is 1. The molecule has 0 radical (unpaired) electrons. The van der Waals surface area contributed by atoms with Gasteiger partial charge in [0.25, 0.3) is 5.91 Å². The summed E-state index contributed by atoms with van der Waals surface area (Å²) >= 11 is 0. The fourth-order valence-electron chi connectivity index (χ4n) is 2.91. The molecule has 2 aliphatic heterocycles. The Balaban J connectivity index is 1.51. The first-order valence-corrected chi connectivity index (χ1v) is 7.75. The number of hydrogen-bond donors (Lipinski definition) is 3. The van der Waals surface area contributed by atoms with E-state index < -0.39 is 11.7 Å². The molecule has 1 amide bonds. The van der Waals surface area contributed by atoms with E-state index in [-0.39, 0.29) is 18.3 Å². The summed E-state index contributed by atoms with van der Waals surface area (Å²) in [5.74, 6) is -0.706. The number of oxime groups is 1. The molecule has 1 aromatic carbocycles. The van der Waals surface area contributed by atoms with Gasteiger partial charge in [0.1, 0.15) is 11.5 Å². The van der Waals surface area contributed by atoms with Crippen molar-refractivity contribution in [2.24, 2.45) is 5.16 Å². The summed E-state index contributed by atoms with van der Waals surface area (Å²) in [6.45, 7) is 1.68. The summed E-state index contributed by atoms with van der Waals surface area (Å²) in [5.41, 5.74) is 0.491. The lowest BCUT2D eigenvalue weighted by molar-refractivity contribution is -0.115. The third kappa shape index (κ3) is 3.68. The van der Waals surface area contributed by atoms with Crippen molar-refractivity contribution in [1.29, 1.82) is 0 Å². The number of halogens is 1. The first-order chi connectivity index (χ1) is 11.1. The monoisotopic (exact) mass is 321 g/mol. The van der Waals surface area contributed by atoms with Gasteiger partial charge in [-0.3, -0.25) is 4.79 Å². The Morgan fingerprint density at radius 2 is 2.26 bits per heavy atom. The molecule has 124 valence electrons. The molecule has 23 heavy (non-hydrogen) atoms. The number of carbonyl (C=O) groups is 1. The Morgan fingerprint density at radius 3 is 2.96 bits per heavy atom. The summed E-state index contributed by atoms with van der Waals surface area (Å²) < 4.78 is 12.9. The largest absolute Gasteiger partial charge is 0.387 e. The molecule has 2 aliphatic rings. The maximum Gasteiger partial charge on any atom is 0.269 e. The Bertz CT molecular complexity index is 597. The van der Waals surface area contributed by atoms with Gasteiger partial charge in [0.15, 0.2) is 5.60 Å². The Labute approximate surface area is 133 Å². The predicted molar refractivity (Wildman–Crippen MR) is 82.3 cm³/mol. The lowest BCUT2D eigenvalue weighted by atomic mass is 9.89. The van der Waals surface area contributed by atoms with Crippen LogP contribution in [0, 0.1) is 5.82 Å². The van der Waals surface area contributed by atoms with Gasteiger partial charge in [-0.15, -0.1) is 0 Å². The Hall–Kier alpha value is -1.99. The maximum absolute atomic E-state index is 12.9. The second-order valence-electron chi connectivity index (χ2n) is 6.05. The first-order valence-electron chi connectivity index (χ1n) is 7.75. The molecule has 0 unspecified atom stereocenters. The number of amides is 1. The zero-order valence-electron chi connectivity index (χ0n) is 12.7. The minimum absolute atomic E-state index is 0.0364. The van der Waals surface area contributed by atoms with Crippen molar-refractivity contribution in [2.45, 2.75) is 31.0 Å². The zero-order valence-corrected chi connectivity index (χ0v) is 12.7. The van der Waals surface area contributed by atoms with E-state index in [0.717, 1.165) is 19.4 Å². The minimum atomic E-state index is -0.896. The summed E-state index contributed by atoms with van der Waals surface area (Å²) in [5, 5.41) is 19.8. The second-order valence-corrected chi connectivity index (χ2v) is 6.05. The summed E-state index contributed by atoms with van der Waals surface area (Å²) in [7, 11) is 0. The molecule has 1 spiro atoms. The van der Waals surface area contributed by atoms with E-state index in [4.69, 9.17) is 4.84 Å². The fraction of sp³-hybridized carbons (Fsp3) is 0.500. The van der Waals surface area contributed by atoms with Crippen molar-refractivity contribution in [3.63, 3.8) is 0 Å². The summed E-state index contributed by atoms with van der Waals surface area (Å²) in [6.07, 6.45) is 1.44. The third-order valence-electron chi connectivity index (χ3n) is 4.25. The lowest BCUT2D eigenvalue weighted by Gasteiger charge is -2.30.